The van der Waals surface area contributed by atoms with E-state index in [4.69, 9.17) is 0 Å². The van der Waals surface area contributed by atoms with Crippen LogP contribution in [0, 0.1) is 0 Å². The summed E-state index contributed by atoms with van der Waals surface area (Å²) in [6, 6.07) is 0. The van der Waals surface area contributed by atoms with Gasteiger partial charge in [-0.25, -0.2) is 0 Å². The van der Waals surface area contributed by atoms with E-state index < -0.39 is 12.1 Å². The fourth-order valence-electron chi connectivity index (χ4n) is 1.96. The number of aliphatic carboxylic acids is 1. The van der Waals surface area contributed by atoms with Crippen molar-refractivity contribution in [3.8, 4) is 0 Å². The van der Waals surface area contributed by atoms with Crippen molar-refractivity contribution < 1.29 is 15.0 Å². The van der Waals surface area contributed by atoms with E-state index >= 15 is 0 Å². The summed E-state index contributed by atoms with van der Waals surface area (Å²) in [7, 11) is 0. The first kappa shape index (κ1) is 21.4. The lowest BCUT2D eigenvalue weighted by Gasteiger charge is -1.97. The normalized spacial score (nSPS) is 13.8. The second kappa shape index (κ2) is 16.8. The topological polar surface area (TPSA) is 60.4 Å². The molecule has 0 saturated heterocycles. The molecule has 0 aromatic rings. The average molecular weight is 319 g/mol. The summed E-state index contributed by atoms with van der Waals surface area (Å²) in [6.45, 7) is 2.20. The second-order valence-corrected chi connectivity index (χ2v) is 5.52. The summed E-state index contributed by atoms with van der Waals surface area (Å²) in [5, 5.41) is 19.9. The van der Waals surface area contributed by atoms with Gasteiger partial charge in [-0.05, 0) is 44.9 Å². The average Bonchev–Trinajstić information content (AvgIpc) is 2.52. The van der Waals surface area contributed by atoms with Gasteiger partial charge in [0.2, 0.25) is 0 Å². The van der Waals surface area contributed by atoms with E-state index in [1.165, 1.54) is 19.3 Å². The zero-order chi connectivity index (χ0) is 17.2. The molecule has 0 aliphatic rings. The van der Waals surface area contributed by atoms with Crippen LogP contribution in [0.15, 0.2) is 48.6 Å². The fourth-order valence-corrected chi connectivity index (χ4v) is 1.96. The Morgan fingerprint density at radius 1 is 0.913 bits per heavy atom. The van der Waals surface area contributed by atoms with Crippen molar-refractivity contribution in [1.29, 1.82) is 0 Å². The number of rotatable bonds is 14. The van der Waals surface area contributed by atoms with Crippen LogP contribution in [0.2, 0.25) is 0 Å². The molecule has 0 aliphatic heterocycles. The van der Waals surface area contributed by atoms with Gasteiger partial charge < -0.3 is 15.0 Å². The molecular formula is C20H31O3-. The van der Waals surface area contributed by atoms with Crippen LogP contribution < -0.4 is 5.11 Å². The minimum atomic E-state index is -0.996. The van der Waals surface area contributed by atoms with Gasteiger partial charge in [0, 0.05) is 5.97 Å². The van der Waals surface area contributed by atoms with E-state index in [0.717, 1.165) is 25.7 Å². The third-order valence-electron chi connectivity index (χ3n) is 3.27. The van der Waals surface area contributed by atoms with E-state index in [2.05, 4.69) is 19.1 Å². The molecule has 0 aromatic heterocycles. The Morgan fingerprint density at radius 3 is 2.00 bits per heavy atom. The number of aliphatic hydroxyl groups excluding tert-OH is 1. The molecule has 23 heavy (non-hydrogen) atoms. The molecule has 1 N–H and O–H groups in total. The first-order valence-corrected chi connectivity index (χ1v) is 8.68. The lowest BCUT2D eigenvalue weighted by Crippen LogP contribution is -2.21. The van der Waals surface area contributed by atoms with Crippen molar-refractivity contribution in [2.24, 2.45) is 0 Å². The number of hydrogen-bond donors (Lipinski definition) is 1. The summed E-state index contributed by atoms with van der Waals surface area (Å²) in [4.78, 5) is 10.2. The Balaban J connectivity index is 3.63. The highest BCUT2D eigenvalue weighted by Gasteiger charge is 1.89. The zero-order valence-corrected chi connectivity index (χ0v) is 14.3. The van der Waals surface area contributed by atoms with Gasteiger partial charge in [0.25, 0.3) is 0 Å². The summed E-state index contributed by atoms with van der Waals surface area (Å²) in [6.07, 6.45) is 23.1. The number of allylic oxidation sites excluding steroid dienone is 6. The van der Waals surface area contributed by atoms with Gasteiger partial charge in [-0.2, -0.15) is 0 Å². The van der Waals surface area contributed by atoms with Gasteiger partial charge in [-0.1, -0.05) is 68.4 Å². The number of carboxylic acid groups (broad SMARTS) is 1. The maximum atomic E-state index is 10.2. The van der Waals surface area contributed by atoms with Crippen LogP contribution in [0.4, 0.5) is 0 Å². The zero-order valence-electron chi connectivity index (χ0n) is 14.3. The fraction of sp³-hybridized carbons (Fsp3) is 0.550. The highest BCUT2D eigenvalue weighted by molar-refractivity contribution is 5.64. The molecule has 0 rings (SSSR count). The predicted molar refractivity (Wildman–Crippen MR) is 94.8 cm³/mol. The van der Waals surface area contributed by atoms with Crippen molar-refractivity contribution in [2.75, 3.05) is 0 Å². The highest BCUT2D eigenvalue weighted by Crippen LogP contribution is 2.01. The van der Waals surface area contributed by atoms with Crippen molar-refractivity contribution >= 4 is 5.97 Å². The van der Waals surface area contributed by atoms with Crippen LogP contribution in [-0.2, 0) is 4.79 Å². The first-order valence-electron chi connectivity index (χ1n) is 8.68. The molecule has 0 saturated carbocycles. The predicted octanol–water partition coefficient (Wildman–Crippen LogP) is 3.85. The lowest BCUT2D eigenvalue weighted by atomic mass is 10.2. The molecule has 0 amide bonds. The standard InChI is InChI=1S/C20H32O3/c1-2-3-4-5-6-7-10-13-16-19(21)17-14-11-8-9-12-15-18-20(22)23/h6-9,13-14,16-17,19,21H,2-5,10-12,15,18H2,1H3,(H,22,23)/p-1/b7-6-,9-8-,16-13-,17-14-. The van der Waals surface area contributed by atoms with Crippen LogP contribution in [0.3, 0.4) is 0 Å². The maximum Gasteiger partial charge on any atom is 0.0902 e. The van der Waals surface area contributed by atoms with Crippen molar-refractivity contribution in [2.45, 2.75) is 70.8 Å². The molecule has 0 radical (unpaired) electrons. The molecule has 1 unspecified atom stereocenters. The van der Waals surface area contributed by atoms with Crippen LogP contribution in [0.25, 0.3) is 0 Å². The van der Waals surface area contributed by atoms with E-state index in [0.29, 0.717) is 6.42 Å². The molecule has 0 aromatic carbocycles. The Labute approximate surface area is 141 Å². The molecule has 0 bridgehead atoms. The van der Waals surface area contributed by atoms with E-state index in [-0.39, 0.29) is 6.42 Å². The highest BCUT2D eigenvalue weighted by atomic mass is 16.4. The first-order chi connectivity index (χ1) is 11.2. The smallest absolute Gasteiger partial charge is 0.0902 e. The molecule has 0 heterocycles. The number of carbonyl (C=O) groups is 1. The number of unbranched alkanes of at least 4 members (excludes halogenated alkanes) is 4. The number of carboxylic acids is 1. The van der Waals surface area contributed by atoms with E-state index in [1.54, 1.807) is 12.2 Å². The minimum absolute atomic E-state index is 0.108. The Bertz CT molecular complexity index is 392. The van der Waals surface area contributed by atoms with Crippen molar-refractivity contribution in [1.82, 2.24) is 0 Å². The van der Waals surface area contributed by atoms with E-state index in [9.17, 15) is 15.0 Å². The summed E-state index contributed by atoms with van der Waals surface area (Å²) < 4.78 is 0. The second-order valence-electron chi connectivity index (χ2n) is 5.52. The van der Waals surface area contributed by atoms with Gasteiger partial charge >= 0.3 is 0 Å². The quantitative estimate of drug-likeness (QED) is 0.391. The van der Waals surface area contributed by atoms with Crippen LogP contribution in [-0.4, -0.2) is 17.2 Å². The van der Waals surface area contributed by atoms with Crippen molar-refractivity contribution in [3.63, 3.8) is 0 Å². The van der Waals surface area contributed by atoms with E-state index in [1.807, 2.05) is 24.3 Å². The Hall–Kier alpha value is -1.61. The van der Waals surface area contributed by atoms with Crippen LogP contribution in [0.5, 0.6) is 0 Å². The van der Waals surface area contributed by atoms with Gasteiger partial charge in [-0.15, -0.1) is 0 Å². The van der Waals surface area contributed by atoms with Gasteiger partial charge in [0.1, 0.15) is 0 Å². The van der Waals surface area contributed by atoms with Gasteiger partial charge in [0.05, 0.1) is 6.10 Å². The minimum Gasteiger partial charge on any atom is -0.550 e. The van der Waals surface area contributed by atoms with Crippen LogP contribution in [0.1, 0.15) is 64.7 Å². The molecule has 130 valence electrons. The largest absolute Gasteiger partial charge is 0.550 e. The molecule has 0 aliphatic carbocycles. The molecule has 3 nitrogen and oxygen atoms in total. The van der Waals surface area contributed by atoms with Crippen molar-refractivity contribution in [3.05, 3.63) is 48.6 Å². The summed E-state index contributed by atoms with van der Waals surface area (Å²) >= 11 is 0. The third kappa shape index (κ3) is 18.3. The summed E-state index contributed by atoms with van der Waals surface area (Å²) in [5.41, 5.74) is 0. The van der Waals surface area contributed by atoms with Gasteiger partial charge in [0.15, 0.2) is 0 Å². The Kier molecular flexibility index (Phi) is 15.6. The molecule has 3 heteroatoms. The SMILES string of the molecule is CCCCC/C=C\C/C=C\C(O)/C=C\C/C=C\CCCC(=O)[O-]. The molecule has 1 atom stereocenters. The number of hydrogen-bond acceptors (Lipinski definition) is 3. The lowest BCUT2D eigenvalue weighted by molar-refractivity contribution is -0.305. The monoisotopic (exact) mass is 319 g/mol. The molecular weight excluding hydrogens is 288 g/mol. The Morgan fingerprint density at radius 2 is 1.48 bits per heavy atom. The third-order valence-corrected chi connectivity index (χ3v) is 3.27. The van der Waals surface area contributed by atoms with Crippen LogP contribution >= 0.6 is 0 Å². The number of aliphatic hydroxyl groups is 1. The molecule has 0 spiro atoms. The molecule has 0 fully saturated rings. The number of carbonyl (C=O) groups excluding carboxylic acids is 1. The van der Waals surface area contributed by atoms with Gasteiger partial charge in [-0.3, -0.25) is 0 Å². The summed E-state index contributed by atoms with van der Waals surface area (Å²) in [5.74, 6) is -0.996. The maximum absolute atomic E-state index is 10.2.